The number of fused-ring (bicyclic) bond motifs is 1. The van der Waals surface area contributed by atoms with E-state index in [0.717, 1.165) is 28.7 Å². The molecular formula is C21H28N6O. The Morgan fingerprint density at radius 2 is 2.04 bits per heavy atom. The lowest BCUT2D eigenvalue weighted by atomic mass is 9.93. The molecule has 3 N–H and O–H groups in total. The summed E-state index contributed by atoms with van der Waals surface area (Å²) in [7, 11) is 0. The number of hydrogen-bond donors (Lipinski definition) is 2. The van der Waals surface area contributed by atoms with Gasteiger partial charge >= 0.3 is 0 Å². The van der Waals surface area contributed by atoms with Crippen molar-refractivity contribution < 1.29 is 7.65 Å². The molecule has 0 spiro atoms. The van der Waals surface area contributed by atoms with Gasteiger partial charge in [-0.2, -0.15) is 0 Å². The molecule has 3 aromatic rings. The number of imidazole rings is 1. The number of anilines is 1. The number of aromatic nitrogens is 4. The average Bonchev–Trinajstić information content (AvgIpc) is 3.11. The van der Waals surface area contributed by atoms with Crippen LogP contribution in [0.3, 0.4) is 0 Å². The van der Waals surface area contributed by atoms with Crippen LogP contribution in [0.15, 0.2) is 36.5 Å². The quantitative estimate of drug-likeness (QED) is 0.705. The van der Waals surface area contributed by atoms with Crippen LogP contribution in [0.1, 0.15) is 35.7 Å². The topological polar surface area (TPSA) is 101 Å². The van der Waals surface area contributed by atoms with Crippen molar-refractivity contribution in [3.8, 4) is 11.5 Å². The average molecular weight is 380 g/mol. The number of para-hydroxylation sites is 2. The first-order valence-electron chi connectivity index (χ1n) is 9.39. The lowest BCUT2D eigenvalue weighted by Gasteiger charge is -2.31. The minimum atomic E-state index is -0.374. The second-order valence-corrected chi connectivity index (χ2v) is 8.07. The minimum absolute atomic E-state index is 0. The van der Waals surface area contributed by atoms with E-state index in [0.29, 0.717) is 30.4 Å². The van der Waals surface area contributed by atoms with Gasteiger partial charge in [0.1, 0.15) is 5.69 Å². The Balaban J connectivity index is 0.00000160. The van der Waals surface area contributed by atoms with Gasteiger partial charge in [-0.05, 0) is 24.1 Å². The number of H-pyrrole nitrogens is 1. The standard InChI is InChI=1S/C21H24N6O.2H2/c1-21(2,3)20(28)27-10-8-13(9-11-27)16-12-23-18(22)17(24-16)19-25-14-6-4-5-7-15(14)26-19;;/h4-8,12H,9-11H2,1-3H3,(H2,22,23)(H,25,26);2*1H. The summed E-state index contributed by atoms with van der Waals surface area (Å²) in [6, 6.07) is 7.79. The molecule has 1 aromatic carbocycles. The highest BCUT2D eigenvalue weighted by molar-refractivity contribution is 5.83. The van der Waals surface area contributed by atoms with Gasteiger partial charge in [0.2, 0.25) is 5.91 Å². The fourth-order valence-corrected chi connectivity index (χ4v) is 3.35. The number of amides is 1. The summed E-state index contributed by atoms with van der Waals surface area (Å²) in [6.45, 7) is 7.09. The van der Waals surface area contributed by atoms with Crippen molar-refractivity contribution in [2.24, 2.45) is 5.41 Å². The smallest absolute Gasteiger partial charge is 0.228 e. The Labute approximate surface area is 166 Å². The summed E-state index contributed by atoms with van der Waals surface area (Å²) < 4.78 is 0. The third-order valence-electron chi connectivity index (χ3n) is 4.88. The number of nitrogens with two attached hydrogens (primary N) is 1. The molecule has 0 aliphatic carbocycles. The van der Waals surface area contributed by atoms with Gasteiger partial charge in [0.25, 0.3) is 0 Å². The molecule has 0 bridgehead atoms. The number of carbonyl (C=O) groups excluding carboxylic acids is 1. The molecule has 0 unspecified atom stereocenters. The Bertz CT molecular complexity index is 1050. The third-order valence-corrected chi connectivity index (χ3v) is 4.88. The molecule has 2 aromatic heterocycles. The van der Waals surface area contributed by atoms with Gasteiger partial charge in [0, 0.05) is 21.4 Å². The molecule has 0 atom stereocenters. The van der Waals surface area contributed by atoms with Crippen LogP contribution in [0.25, 0.3) is 28.1 Å². The highest BCUT2D eigenvalue weighted by Crippen LogP contribution is 2.28. The summed E-state index contributed by atoms with van der Waals surface area (Å²) in [5.74, 6) is 1.10. The summed E-state index contributed by atoms with van der Waals surface area (Å²) in [5.41, 5.74) is 9.88. The summed E-state index contributed by atoms with van der Waals surface area (Å²) in [5, 5.41) is 0. The van der Waals surface area contributed by atoms with E-state index in [1.54, 1.807) is 6.20 Å². The van der Waals surface area contributed by atoms with Crippen LogP contribution < -0.4 is 5.73 Å². The fraction of sp³-hybridized carbons (Fsp3) is 0.333. The number of aromatic amines is 1. The first kappa shape index (κ1) is 18.2. The number of benzene rings is 1. The Hall–Kier alpha value is -3.22. The normalized spacial score (nSPS) is 15.0. The maximum absolute atomic E-state index is 12.5. The van der Waals surface area contributed by atoms with Gasteiger partial charge in [0.05, 0.1) is 22.9 Å². The van der Waals surface area contributed by atoms with Crippen molar-refractivity contribution >= 4 is 28.3 Å². The van der Waals surface area contributed by atoms with Crippen molar-refractivity contribution in [2.45, 2.75) is 27.2 Å². The number of nitrogen functional groups attached to an aromatic ring is 1. The fourth-order valence-electron chi connectivity index (χ4n) is 3.35. The lowest BCUT2D eigenvalue weighted by Crippen LogP contribution is -2.41. The number of nitrogens with zero attached hydrogens (tertiary/aromatic N) is 4. The van der Waals surface area contributed by atoms with Crippen molar-refractivity contribution in [3.05, 3.63) is 42.2 Å². The van der Waals surface area contributed by atoms with Gasteiger partial charge in [-0.15, -0.1) is 0 Å². The molecule has 1 amide bonds. The SMILES string of the molecule is CC(C)(C)C(=O)N1CC=C(c2cnc(N)c(-c3nc4ccccc4[nH]3)n2)CC1.[HH].[HH]. The predicted molar refractivity (Wildman–Crippen MR) is 114 cm³/mol. The zero-order valence-corrected chi connectivity index (χ0v) is 16.4. The lowest BCUT2D eigenvalue weighted by molar-refractivity contribution is -0.139. The Kier molecular flexibility index (Phi) is 4.37. The van der Waals surface area contributed by atoms with E-state index in [9.17, 15) is 4.79 Å². The van der Waals surface area contributed by atoms with Gasteiger partial charge in [-0.1, -0.05) is 39.0 Å². The van der Waals surface area contributed by atoms with Crippen LogP contribution in [0.2, 0.25) is 0 Å². The molecule has 4 rings (SSSR count). The molecule has 0 radical (unpaired) electrons. The summed E-state index contributed by atoms with van der Waals surface area (Å²) >= 11 is 0. The molecule has 0 saturated carbocycles. The largest absolute Gasteiger partial charge is 0.382 e. The van der Waals surface area contributed by atoms with E-state index < -0.39 is 0 Å². The van der Waals surface area contributed by atoms with Crippen LogP contribution in [0.4, 0.5) is 5.82 Å². The number of rotatable bonds is 2. The van der Waals surface area contributed by atoms with Crippen LogP contribution in [0.5, 0.6) is 0 Å². The van der Waals surface area contributed by atoms with Crippen molar-refractivity contribution in [3.63, 3.8) is 0 Å². The van der Waals surface area contributed by atoms with Crippen LogP contribution >= 0.6 is 0 Å². The number of nitrogens with one attached hydrogen (secondary N) is 1. The first-order valence-corrected chi connectivity index (χ1v) is 9.39. The van der Waals surface area contributed by atoms with Gasteiger partial charge in [-0.3, -0.25) is 4.79 Å². The molecule has 3 heterocycles. The summed E-state index contributed by atoms with van der Waals surface area (Å²) in [4.78, 5) is 31.2. The number of hydrogen-bond acceptors (Lipinski definition) is 5. The van der Waals surface area contributed by atoms with Crippen molar-refractivity contribution in [2.75, 3.05) is 18.8 Å². The zero-order chi connectivity index (χ0) is 19.9. The molecular weight excluding hydrogens is 352 g/mol. The Morgan fingerprint density at radius 3 is 2.71 bits per heavy atom. The molecule has 0 saturated heterocycles. The predicted octanol–water partition coefficient (Wildman–Crippen LogP) is 3.76. The van der Waals surface area contributed by atoms with E-state index >= 15 is 0 Å². The monoisotopic (exact) mass is 380 g/mol. The molecule has 148 valence electrons. The van der Waals surface area contributed by atoms with E-state index in [2.05, 4.69) is 21.0 Å². The molecule has 28 heavy (non-hydrogen) atoms. The minimum Gasteiger partial charge on any atom is -0.382 e. The van der Waals surface area contributed by atoms with Gasteiger partial charge in [-0.25, -0.2) is 15.0 Å². The molecule has 7 nitrogen and oxygen atoms in total. The second kappa shape index (κ2) is 6.74. The molecule has 0 fully saturated rings. The van der Waals surface area contributed by atoms with E-state index in [-0.39, 0.29) is 14.2 Å². The van der Waals surface area contributed by atoms with E-state index in [1.807, 2.05) is 49.9 Å². The zero-order valence-electron chi connectivity index (χ0n) is 16.4. The Morgan fingerprint density at radius 1 is 1.25 bits per heavy atom. The first-order chi connectivity index (χ1) is 13.3. The summed E-state index contributed by atoms with van der Waals surface area (Å²) in [6.07, 6.45) is 4.48. The molecule has 1 aliphatic heterocycles. The molecule has 7 heteroatoms. The number of carbonyl (C=O) groups is 1. The maximum atomic E-state index is 12.5. The van der Waals surface area contributed by atoms with Crippen LogP contribution in [-0.4, -0.2) is 43.8 Å². The van der Waals surface area contributed by atoms with Crippen molar-refractivity contribution in [1.29, 1.82) is 0 Å². The van der Waals surface area contributed by atoms with Crippen molar-refractivity contribution in [1.82, 2.24) is 24.8 Å². The van der Waals surface area contributed by atoms with E-state index in [4.69, 9.17) is 10.7 Å². The molecule has 1 aliphatic rings. The highest BCUT2D eigenvalue weighted by atomic mass is 16.2. The van der Waals surface area contributed by atoms with Crippen LogP contribution in [-0.2, 0) is 4.79 Å². The van der Waals surface area contributed by atoms with E-state index in [1.165, 1.54) is 0 Å². The maximum Gasteiger partial charge on any atom is 0.228 e. The van der Waals surface area contributed by atoms with Gasteiger partial charge in [0.15, 0.2) is 11.6 Å². The second-order valence-electron chi connectivity index (χ2n) is 8.07. The van der Waals surface area contributed by atoms with Gasteiger partial charge < -0.3 is 15.6 Å². The van der Waals surface area contributed by atoms with Crippen LogP contribution in [0, 0.1) is 5.41 Å². The third kappa shape index (κ3) is 3.35. The highest BCUT2D eigenvalue weighted by Gasteiger charge is 2.28.